The maximum absolute atomic E-state index is 13.9. The van der Waals surface area contributed by atoms with Crippen LogP contribution in [0.5, 0.6) is 0 Å². The fourth-order valence-corrected chi connectivity index (χ4v) is 3.44. The molecular formula is C14H14FN5O2. The van der Waals surface area contributed by atoms with E-state index in [2.05, 4.69) is 25.2 Å². The van der Waals surface area contributed by atoms with Crippen LogP contribution in [-0.4, -0.2) is 32.3 Å². The first-order valence-corrected chi connectivity index (χ1v) is 7.17. The van der Waals surface area contributed by atoms with Crippen molar-refractivity contribution >= 4 is 11.8 Å². The summed E-state index contributed by atoms with van der Waals surface area (Å²) in [5.41, 5.74) is 2.01. The number of nitrogens with zero attached hydrogens (tertiary/aromatic N) is 4. The van der Waals surface area contributed by atoms with E-state index in [9.17, 15) is 9.18 Å². The van der Waals surface area contributed by atoms with Gasteiger partial charge >= 0.3 is 6.03 Å². The Labute approximate surface area is 125 Å². The Morgan fingerprint density at radius 1 is 1.45 bits per heavy atom. The lowest BCUT2D eigenvalue weighted by Crippen LogP contribution is -2.44. The molecule has 1 N–H and O–H groups in total. The predicted molar refractivity (Wildman–Crippen MR) is 73.6 cm³/mol. The zero-order valence-electron chi connectivity index (χ0n) is 11.9. The first-order valence-electron chi connectivity index (χ1n) is 7.17. The molecule has 2 aromatic rings. The number of urea groups is 1. The molecule has 114 valence electrons. The van der Waals surface area contributed by atoms with Crippen LogP contribution in [0.1, 0.15) is 35.7 Å². The van der Waals surface area contributed by atoms with E-state index in [4.69, 9.17) is 0 Å². The number of aromatic nitrogens is 3. The molecule has 2 aliphatic heterocycles. The molecule has 22 heavy (non-hydrogen) atoms. The van der Waals surface area contributed by atoms with Crippen molar-refractivity contribution in [2.24, 2.45) is 0 Å². The number of halogens is 1. The summed E-state index contributed by atoms with van der Waals surface area (Å²) >= 11 is 0. The Balaban J connectivity index is 1.64. The van der Waals surface area contributed by atoms with Crippen molar-refractivity contribution in [2.45, 2.75) is 38.3 Å². The summed E-state index contributed by atoms with van der Waals surface area (Å²) in [4.78, 5) is 18.1. The number of anilines is 1. The largest absolute Gasteiger partial charge is 0.323 e. The van der Waals surface area contributed by atoms with Crippen LogP contribution in [0.15, 0.2) is 16.9 Å². The van der Waals surface area contributed by atoms with Crippen molar-refractivity contribution in [2.75, 3.05) is 5.32 Å². The van der Waals surface area contributed by atoms with Crippen molar-refractivity contribution in [1.82, 2.24) is 20.2 Å². The molecular weight excluding hydrogens is 289 g/mol. The summed E-state index contributed by atoms with van der Waals surface area (Å²) in [6, 6.07) is 1.41. The second kappa shape index (κ2) is 4.75. The molecule has 1 saturated heterocycles. The van der Waals surface area contributed by atoms with Gasteiger partial charge in [-0.3, -0.25) is 5.32 Å². The molecule has 0 aliphatic carbocycles. The Morgan fingerprint density at radius 3 is 3.09 bits per heavy atom. The van der Waals surface area contributed by atoms with Crippen LogP contribution in [0.2, 0.25) is 0 Å². The lowest BCUT2D eigenvalue weighted by molar-refractivity contribution is 0.178. The summed E-state index contributed by atoms with van der Waals surface area (Å²) in [5.74, 6) is -0.109. The molecule has 0 radical (unpaired) electrons. The van der Waals surface area contributed by atoms with Gasteiger partial charge in [0.1, 0.15) is 5.69 Å². The van der Waals surface area contributed by atoms with E-state index in [1.54, 1.807) is 17.9 Å². The van der Waals surface area contributed by atoms with Crippen molar-refractivity contribution in [3.05, 3.63) is 35.0 Å². The van der Waals surface area contributed by atoms with Gasteiger partial charge in [-0.05, 0) is 43.0 Å². The number of hydrogen-bond acceptors (Lipinski definition) is 5. The van der Waals surface area contributed by atoms with Crippen LogP contribution in [0.4, 0.5) is 15.0 Å². The maximum Gasteiger partial charge on any atom is 0.323 e. The van der Waals surface area contributed by atoms with Gasteiger partial charge in [-0.15, -0.1) is 0 Å². The number of rotatable bonds is 1. The van der Waals surface area contributed by atoms with Crippen LogP contribution < -0.4 is 5.32 Å². The third-order valence-electron chi connectivity index (χ3n) is 4.45. The first-order chi connectivity index (χ1) is 10.6. The van der Waals surface area contributed by atoms with Gasteiger partial charge in [0.25, 0.3) is 0 Å². The summed E-state index contributed by atoms with van der Waals surface area (Å²) in [5, 5.41) is 10.0. The highest BCUT2D eigenvalue weighted by Crippen LogP contribution is 2.44. The van der Waals surface area contributed by atoms with Gasteiger partial charge in [-0.1, -0.05) is 5.16 Å². The van der Waals surface area contributed by atoms with E-state index < -0.39 is 5.95 Å². The number of fused-ring (bicyclic) bond motifs is 4. The fraction of sp³-hybridized carbons (Fsp3) is 0.429. The predicted octanol–water partition coefficient (Wildman–Crippen LogP) is 2.21. The molecule has 0 spiro atoms. The van der Waals surface area contributed by atoms with E-state index >= 15 is 0 Å². The molecule has 2 aromatic heterocycles. The molecule has 2 amide bonds. The molecule has 2 bridgehead atoms. The molecule has 2 unspecified atom stereocenters. The average molecular weight is 303 g/mol. The number of carbonyl (C=O) groups is 1. The zero-order chi connectivity index (χ0) is 15.3. The summed E-state index contributed by atoms with van der Waals surface area (Å²) < 4.78 is 18.5. The van der Waals surface area contributed by atoms with Crippen molar-refractivity contribution in [1.29, 1.82) is 0 Å². The molecule has 1 fully saturated rings. The van der Waals surface area contributed by atoms with Gasteiger partial charge < -0.3 is 4.90 Å². The van der Waals surface area contributed by atoms with Crippen molar-refractivity contribution in [3.8, 4) is 0 Å². The van der Waals surface area contributed by atoms with Crippen LogP contribution in [0, 0.1) is 12.9 Å². The Bertz CT molecular complexity index is 747. The summed E-state index contributed by atoms with van der Waals surface area (Å²) in [6.45, 7) is 1.70. The van der Waals surface area contributed by atoms with Gasteiger partial charge in [-0.2, -0.15) is 4.39 Å². The minimum Gasteiger partial charge on any atom is -0.314 e. The fourth-order valence-electron chi connectivity index (χ4n) is 3.44. The number of pyridine rings is 1. The van der Waals surface area contributed by atoms with Gasteiger partial charge in [0.2, 0.25) is 11.8 Å². The van der Waals surface area contributed by atoms with Gasteiger partial charge in [0, 0.05) is 17.8 Å². The van der Waals surface area contributed by atoms with Crippen molar-refractivity contribution in [3.63, 3.8) is 0 Å². The second-order valence-electron chi connectivity index (χ2n) is 5.66. The Morgan fingerprint density at radius 2 is 2.32 bits per heavy atom. The van der Waals surface area contributed by atoms with Crippen LogP contribution >= 0.6 is 0 Å². The first kappa shape index (κ1) is 13.2. The number of carbonyl (C=O) groups excluding carboxylic acids is 1. The lowest BCUT2D eigenvalue weighted by atomic mass is 9.95. The molecule has 2 atom stereocenters. The van der Waals surface area contributed by atoms with Gasteiger partial charge in [-0.25, -0.2) is 14.4 Å². The van der Waals surface area contributed by atoms with E-state index in [0.29, 0.717) is 23.5 Å². The van der Waals surface area contributed by atoms with Crippen LogP contribution in [0.25, 0.3) is 0 Å². The highest BCUT2D eigenvalue weighted by Gasteiger charge is 2.43. The maximum atomic E-state index is 13.9. The van der Waals surface area contributed by atoms with E-state index in [1.807, 2.05) is 0 Å². The molecule has 0 saturated carbocycles. The van der Waals surface area contributed by atoms with Crippen molar-refractivity contribution < 1.29 is 13.8 Å². The summed E-state index contributed by atoms with van der Waals surface area (Å²) in [7, 11) is 0. The molecule has 4 rings (SSSR count). The molecule has 8 heteroatoms. The second-order valence-corrected chi connectivity index (χ2v) is 5.66. The van der Waals surface area contributed by atoms with Gasteiger partial charge in [0.15, 0.2) is 0 Å². The summed E-state index contributed by atoms with van der Waals surface area (Å²) in [6.07, 6.45) is 3.62. The molecule has 2 aliphatic rings. The monoisotopic (exact) mass is 303 g/mol. The van der Waals surface area contributed by atoms with E-state index in [1.165, 1.54) is 6.20 Å². The standard InChI is InChI=1S/C14H14FN5O2/c1-7-13(19-22-18-7)17-14(21)20-8-2-3-11(20)9-4-5-16-12(15)10(9)6-8/h4-5,8,11H,2-3,6H2,1H3,(H,17,19,21). The quantitative estimate of drug-likeness (QED) is 0.816. The van der Waals surface area contributed by atoms with E-state index in [-0.39, 0.29) is 18.1 Å². The Kier molecular flexibility index (Phi) is 2.85. The number of hydrogen-bond donors (Lipinski definition) is 1. The SMILES string of the molecule is Cc1nonc1NC(=O)N1C2CCC1c1ccnc(F)c1C2. The highest BCUT2D eigenvalue weighted by atomic mass is 19.1. The Hall–Kier alpha value is -2.51. The lowest BCUT2D eigenvalue weighted by Gasteiger charge is -2.35. The molecule has 0 aromatic carbocycles. The highest BCUT2D eigenvalue weighted by molar-refractivity contribution is 5.89. The topological polar surface area (TPSA) is 84.2 Å². The average Bonchev–Trinajstić information content (AvgIpc) is 3.04. The minimum atomic E-state index is -0.425. The smallest absolute Gasteiger partial charge is 0.314 e. The molecule has 7 nitrogen and oxygen atoms in total. The van der Waals surface area contributed by atoms with Crippen LogP contribution in [0.3, 0.4) is 0 Å². The van der Waals surface area contributed by atoms with Crippen LogP contribution in [-0.2, 0) is 6.42 Å². The minimum absolute atomic E-state index is 0.0173. The zero-order valence-corrected chi connectivity index (χ0v) is 11.9. The number of aryl methyl sites for hydroxylation is 1. The third kappa shape index (κ3) is 1.87. The molecule has 4 heterocycles. The van der Waals surface area contributed by atoms with E-state index in [0.717, 1.165) is 18.4 Å². The van der Waals surface area contributed by atoms with Gasteiger partial charge in [0.05, 0.1) is 6.04 Å². The normalized spacial score (nSPS) is 22.5. The number of amides is 2. The number of nitrogens with one attached hydrogen (secondary N) is 1. The third-order valence-corrected chi connectivity index (χ3v) is 4.45.